The highest BCUT2D eigenvalue weighted by molar-refractivity contribution is 5.85. The van der Waals surface area contributed by atoms with E-state index in [0.29, 0.717) is 18.7 Å². The van der Waals surface area contributed by atoms with Gasteiger partial charge in [-0.15, -0.1) is 0 Å². The quantitative estimate of drug-likeness (QED) is 0.550. The maximum Gasteiger partial charge on any atom is 0.330 e. The van der Waals surface area contributed by atoms with Crippen LogP contribution in [-0.4, -0.2) is 17.6 Å². The van der Waals surface area contributed by atoms with E-state index in [2.05, 4.69) is 5.32 Å². The van der Waals surface area contributed by atoms with Crippen molar-refractivity contribution in [2.24, 2.45) is 0 Å². The standard InChI is InChI=1S/C10H13NO3/c1-8(10(12)13)2-4-11-6-9-3-5-14-7-9/h2-3,5,7,11H,4,6H2,1H3,(H,12,13)/b8-2-. The Balaban J connectivity index is 2.23. The van der Waals surface area contributed by atoms with E-state index in [1.165, 1.54) is 0 Å². The van der Waals surface area contributed by atoms with Gasteiger partial charge in [-0.05, 0) is 13.0 Å². The van der Waals surface area contributed by atoms with Gasteiger partial charge in [0.15, 0.2) is 0 Å². The average molecular weight is 195 g/mol. The highest BCUT2D eigenvalue weighted by Gasteiger charge is 1.97. The first kappa shape index (κ1) is 10.5. The molecule has 0 aliphatic carbocycles. The van der Waals surface area contributed by atoms with Gasteiger partial charge in [0.2, 0.25) is 0 Å². The molecule has 76 valence electrons. The fraction of sp³-hybridized carbons (Fsp3) is 0.300. The van der Waals surface area contributed by atoms with E-state index in [-0.39, 0.29) is 0 Å². The number of rotatable bonds is 5. The zero-order valence-electron chi connectivity index (χ0n) is 7.99. The Morgan fingerprint density at radius 1 is 1.71 bits per heavy atom. The summed E-state index contributed by atoms with van der Waals surface area (Å²) in [5.74, 6) is -0.880. The lowest BCUT2D eigenvalue weighted by Crippen LogP contribution is -2.13. The van der Waals surface area contributed by atoms with E-state index in [1.54, 1.807) is 25.5 Å². The number of hydrogen-bond acceptors (Lipinski definition) is 3. The second-order valence-electron chi connectivity index (χ2n) is 2.95. The molecule has 0 atom stereocenters. The van der Waals surface area contributed by atoms with Gasteiger partial charge in [-0.1, -0.05) is 6.08 Å². The Morgan fingerprint density at radius 2 is 2.50 bits per heavy atom. The Bertz CT molecular complexity index is 314. The summed E-state index contributed by atoms with van der Waals surface area (Å²) in [4.78, 5) is 10.4. The van der Waals surface area contributed by atoms with Crippen LogP contribution in [0.3, 0.4) is 0 Å². The molecule has 0 unspecified atom stereocenters. The van der Waals surface area contributed by atoms with E-state index in [1.807, 2.05) is 6.07 Å². The van der Waals surface area contributed by atoms with E-state index < -0.39 is 5.97 Å². The number of nitrogens with one attached hydrogen (secondary N) is 1. The molecule has 1 aromatic heterocycles. The van der Waals surface area contributed by atoms with Crippen molar-refractivity contribution >= 4 is 5.97 Å². The van der Waals surface area contributed by atoms with Crippen LogP contribution in [0.1, 0.15) is 12.5 Å². The SMILES string of the molecule is C/C(=C/CNCc1ccoc1)C(=O)O. The Hall–Kier alpha value is -1.55. The molecular weight excluding hydrogens is 182 g/mol. The van der Waals surface area contributed by atoms with Crippen LogP contribution >= 0.6 is 0 Å². The molecule has 0 aromatic carbocycles. The fourth-order valence-electron chi connectivity index (χ4n) is 0.922. The van der Waals surface area contributed by atoms with Crippen LogP contribution in [0.2, 0.25) is 0 Å². The third-order valence-electron chi connectivity index (χ3n) is 1.80. The van der Waals surface area contributed by atoms with Crippen LogP contribution in [0.4, 0.5) is 0 Å². The molecule has 0 aliphatic rings. The van der Waals surface area contributed by atoms with E-state index in [9.17, 15) is 4.79 Å². The van der Waals surface area contributed by atoms with E-state index >= 15 is 0 Å². The molecule has 0 saturated heterocycles. The minimum absolute atomic E-state index is 0.352. The van der Waals surface area contributed by atoms with Crippen LogP contribution < -0.4 is 5.32 Å². The van der Waals surface area contributed by atoms with Crippen molar-refractivity contribution in [2.75, 3.05) is 6.54 Å². The second kappa shape index (κ2) is 5.24. The van der Waals surface area contributed by atoms with Gasteiger partial charge in [-0.3, -0.25) is 0 Å². The van der Waals surface area contributed by atoms with Gasteiger partial charge in [0, 0.05) is 24.2 Å². The molecular formula is C10H13NO3. The number of aliphatic carboxylic acids is 1. The molecule has 2 N–H and O–H groups in total. The third kappa shape index (κ3) is 3.45. The van der Waals surface area contributed by atoms with Crippen molar-refractivity contribution < 1.29 is 14.3 Å². The van der Waals surface area contributed by atoms with Crippen LogP contribution in [0.5, 0.6) is 0 Å². The van der Waals surface area contributed by atoms with Crippen molar-refractivity contribution in [3.8, 4) is 0 Å². The Labute approximate surface area is 82.2 Å². The minimum atomic E-state index is -0.880. The summed E-state index contributed by atoms with van der Waals surface area (Å²) in [6, 6.07) is 1.86. The summed E-state index contributed by atoms with van der Waals surface area (Å²) in [6.07, 6.45) is 4.90. The molecule has 4 nitrogen and oxygen atoms in total. The summed E-state index contributed by atoms with van der Waals surface area (Å²) in [5, 5.41) is 11.6. The summed E-state index contributed by atoms with van der Waals surface area (Å²) in [7, 11) is 0. The second-order valence-corrected chi connectivity index (χ2v) is 2.95. The van der Waals surface area contributed by atoms with Gasteiger partial charge in [-0.25, -0.2) is 4.79 Å². The van der Waals surface area contributed by atoms with Crippen LogP contribution in [-0.2, 0) is 11.3 Å². The Kier molecular flexibility index (Phi) is 3.94. The van der Waals surface area contributed by atoms with Crippen LogP contribution in [0.25, 0.3) is 0 Å². The van der Waals surface area contributed by atoms with E-state index in [4.69, 9.17) is 9.52 Å². The lowest BCUT2D eigenvalue weighted by molar-refractivity contribution is -0.132. The predicted molar refractivity (Wildman–Crippen MR) is 51.8 cm³/mol. The smallest absolute Gasteiger partial charge is 0.330 e. The molecule has 1 rings (SSSR count). The van der Waals surface area contributed by atoms with Crippen LogP contribution in [0, 0.1) is 0 Å². The maximum absolute atomic E-state index is 10.4. The predicted octanol–water partition coefficient (Wildman–Crippen LogP) is 1.40. The highest BCUT2D eigenvalue weighted by Crippen LogP contribution is 1.98. The van der Waals surface area contributed by atoms with Crippen LogP contribution in [0.15, 0.2) is 34.7 Å². The number of carbonyl (C=O) groups is 1. The van der Waals surface area contributed by atoms with Crippen molar-refractivity contribution in [2.45, 2.75) is 13.5 Å². The highest BCUT2D eigenvalue weighted by atomic mass is 16.4. The molecule has 0 bridgehead atoms. The molecule has 0 aliphatic heterocycles. The summed E-state index contributed by atoms with van der Waals surface area (Å²) < 4.78 is 4.88. The zero-order chi connectivity index (χ0) is 10.4. The molecule has 1 aromatic rings. The van der Waals surface area contributed by atoms with Gasteiger partial charge >= 0.3 is 5.97 Å². The fourth-order valence-corrected chi connectivity index (χ4v) is 0.922. The normalized spacial score (nSPS) is 11.6. The molecule has 0 radical (unpaired) electrons. The van der Waals surface area contributed by atoms with Gasteiger partial charge in [0.25, 0.3) is 0 Å². The minimum Gasteiger partial charge on any atom is -0.478 e. The number of furan rings is 1. The molecule has 14 heavy (non-hydrogen) atoms. The number of hydrogen-bond donors (Lipinski definition) is 2. The first-order valence-electron chi connectivity index (χ1n) is 4.32. The van der Waals surface area contributed by atoms with Crippen molar-refractivity contribution in [1.29, 1.82) is 0 Å². The lowest BCUT2D eigenvalue weighted by Gasteiger charge is -1.98. The topological polar surface area (TPSA) is 62.5 Å². The maximum atomic E-state index is 10.4. The largest absolute Gasteiger partial charge is 0.478 e. The molecule has 1 heterocycles. The number of carboxylic acids is 1. The zero-order valence-corrected chi connectivity index (χ0v) is 7.99. The Morgan fingerprint density at radius 3 is 3.07 bits per heavy atom. The molecule has 0 spiro atoms. The summed E-state index contributed by atoms with van der Waals surface area (Å²) >= 11 is 0. The van der Waals surface area contributed by atoms with Gasteiger partial charge < -0.3 is 14.8 Å². The van der Waals surface area contributed by atoms with Crippen molar-refractivity contribution in [3.63, 3.8) is 0 Å². The van der Waals surface area contributed by atoms with Gasteiger partial charge in [0.1, 0.15) is 0 Å². The first-order chi connectivity index (χ1) is 6.70. The monoisotopic (exact) mass is 195 g/mol. The first-order valence-corrected chi connectivity index (χ1v) is 4.32. The van der Waals surface area contributed by atoms with E-state index in [0.717, 1.165) is 5.56 Å². The van der Waals surface area contributed by atoms with Crippen molar-refractivity contribution in [1.82, 2.24) is 5.32 Å². The molecule has 0 amide bonds. The molecule has 0 saturated carbocycles. The average Bonchev–Trinajstić information content (AvgIpc) is 2.64. The molecule has 4 heteroatoms. The molecule has 0 fully saturated rings. The lowest BCUT2D eigenvalue weighted by atomic mass is 10.3. The van der Waals surface area contributed by atoms with Gasteiger partial charge in [-0.2, -0.15) is 0 Å². The number of carboxylic acid groups (broad SMARTS) is 1. The van der Waals surface area contributed by atoms with Gasteiger partial charge in [0.05, 0.1) is 12.5 Å². The van der Waals surface area contributed by atoms with Crippen molar-refractivity contribution in [3.05, 3.63) is 35.8 Å². The third-order valence-corrected chi connectivity index (χ3v) is 1.80. The summed E-state index contributed by atoms with van der Waals surface area (Å²) in [5.41, 5.74) is 1.40. The summed E-state index contributed by atoms with van der Waals surface area (Å²) in [6.45, 7) is 2.80.